The fourth-order valence-electron chi connectivity index (χ4n) is 1.21. The molecule has 0 saturated heterocycles. The number of rotatable bonds is 3. The van der Waals surface area contributed by atoms with E-state index >= 15 is 0 Å². The third kappa shape index (κ3) is 2.46. The molecular weight excluding hydrogens is 160 g/mol. The zero-order chi connectivity index (χ0) is 9.84. The van der Waals surface area contributed by atoms with E-state index in [1.165, 1.54) is 11.3 Å². The van der Waals surface area contributed by atoms with Crippen LogP contribution in [0.3, 0.4) is 0 Å². The van der Waals surface area contributed by atoms with Crippen LogP contribution in [0.25, 0.3) is 0 Å². The molecule has 1 atom stereocenters. The summed E-state index contributed by atoms with van der Waals surface area (Å²) in [5.41, 5.74) is 8.19. The topological polar surface area (TPSA) is 29.3 Å². The van der Waals surface area contributed by atoms with Gasteiger partial charge in [0.1, 0.15) is 0 Å². The largest absolute Gasteiger partial charge is 0.375 e. The van der Waals surface area contributed by atoms with E-state index in [0.717, 1.165) is 6.54 Å². The minimum Gasteiger partial charge on any atom is -0.375 e. The van der Waals surface area contributed by atoms with Crippen molar-refractivity contribution in [1.29, 1.82) is 0 Å². The lowest BCUT2D eigenvalue weighted by molar-refractivity contribution is 0.817. The van der Waals surface area contributed by atoms with Gasteiger partial charge in [0.25, 0.3) is 0 Å². The SMILES string of the molecule is CCN(C)c1ccc([C@@H](C)N)cc1. The molecule has 2 heteroatoms. The number of hydrogen-bond acceptors (Lipinski definition) is 2. The Balaban J connectivity index is 2.81. The molecule has 0 amide bonds. The molecule has 0 aliphatic carbocycles. The number of nitrogens with zero attached hydrogens (tertiary/aromatic N) is 1. The van der Waals surface area contributed by atoms with Gasteiger partial charge in [0.2, 0.25) is 0 Å². The van der Waals surface area contributed by atoms with E-state index in [9.17, 15) is 0 Å². The fourth-order valence-corrected chi connectivity index (χ4v) is 1.21. The molecule has 2 N–H and O–H groups in total. The molecule has 1 rings (SSSR count). The molecule has 0 unspecified atom stereocenters. The smallest absolute Gasteiger partial charge is 0.0363 e. The van der Waals surface area contributed by atoms with Crippen LogP contribution in [0.1, 0.15) is 25.5 Å². The number of hydrogen-bond donors (Lipinski definition) is 1. The van der Waals surface area contributed by atoms with Crippen LogP contribution >= 0.6 is 0 Å². The van der Waals surface area contributed by atoms with Gasteiger partial charge in [-0.25, -0.2) is 0 Å². The summed E-state index contributed by atoms with van der Waals surface area (Å²) in [4.78, 5) is 2.20. The van der Waals surface area contributed by atoms with Gasteiger partial charge < -0.3 is 10.6 Å². The molecule has 0 aromatic heterocycles. The number of nitrogens with two attached hydrogens (primary N) is 1. The lowest BCUT2D eigenvalue weighted by Crippen LogP contribution is -2.15. The van der Waals surface area contributed by atoms with Crippen LogP contribution in [0.15, 0.2) is 24.3 Å². The third-order valence-corrected chi connectivity index (χ3v) is 2.33. The zero-order valence-corrected chi connectivity index (χ0v) is 8.62. The van der Waals surface area contributed by atoms with Crippen molar-refractivity contribution in [3.05, 3.63) is 29.8 Å². The van der Waals surface area contributed by atoms with Gasteiger partial charge in [-0.15, -0.1) is 0 Å². The Morgan fingerprint density at radius 2 is 1.85 bits per heavy atom. The molecule has 1 aromatic carbocycles. The molecule has 0 spiro atoms. The van der Waals surface area contributed by atoms with Crippen molar-refractivity contribution in [2.24, 2.45) is 5.73 Å². The Morgan fingerprint density at radius 1 is 1.31 bits per heavy atom. The second-order valence-electron chi connectivity index (χ2n) is 3.39. The maximum Gasteiger partial charge on any atom is 0.0363 e. The Morgan fingerprint density at radius 3 is 2.23 bits per heavy atom. The quantitative estimate of drug-likeness (QED) is 0.768. The molecule has 0 saturated carbocycles. The van der Waals surface area contributed by atoms with E-state index in [2.05, 4.69) is 43.1 Å². The molecule has 0 aliphatic rings. The first-order valence-corrected chi connectivity index (χ1v) is 4.71. The van der Waals surface area contributed by atoms with Gasteiger partial charge in [-0.05, 0) is 31.5 Å². The van der Waals surface area contributed by atoms with Crippen LogP contribution in [-0.4, -0.2) is 13.6 Å². The maximum absolute atomic E-state index is 5.76. The standard InChI is InChI=1S/C11H18N2/c1-4-13(3)11-7-5-10(6-8-11)9(2)12/h5-9H,4,12H2,1-3H3/t9-/m1/s1. The second kappa shape index (κ2) is 4.28. The highest BCUT2D eigenvalue weighted by molar-refractivity contribution is 5.47. The van der Waals surface area contributed by atoms with E-state index in [1.54, 1.807) is 0 Å². The first-order chi connectivity index (χ1) is 6.15. The minimum atomic E-state index is 0.126. The number of anilines is 1. The van der Waals surface area contributed by atoms with Crippen molar-refractivity contribution in [1.82, 2.24) is 0 Å². The van der Waals surface area contributed by atoms with Crippen molar-refractivity contribution >= 4 is 5.69 Å². The molecule has 0 radical (unpaired) electrons. The van der Waals surface area contributed by atoms with Gasteiger partial charge in [-0.3, -0.25) is 0 Å². The molecule has 2 nitrogen and oxygen atoms in total. The summed E-state index contributed by atoms with van der Waals surface area (Å²) in [5, 5.41) is 0. The highest BCUT2D eigenvalue weighted by atomic mass is 15.1. The summed E-state index contributed by atoms with van der Waals surface area (Å²) in [7, 11) is 2.08. The van der Waals surface area contributed by atoms with Gasteiger partial charge in [-0.2, -0.15) is 0 Å². The Labute approximate surface area is 80.4 Å². The van der Waals surface area contributed by atoms with Gasteiger partial charge in [0.15, 0.2) is 0 Å². The van der Waals surface area contributed by atoms with E-state index in [0.29, 0.717) is 0 Å². The molecule has 0 aliphatic heterocycles. The van der Waals surface area contributed by atoms with Crippen LogP contribution in [0.4, 0.5) is 5.69 Å². The summed E-state index contributed by atoms with van der Waals surface area (Å²) >= 11 is 0. The summed E-state index contributed by atoms with van der Waals surface area (Å²) in [6.45, 7) is 5.16. The van der Waals surface area contributed by atoms with Crippen LogP contribution < -0.4 is 10.6 Å². The summed E-state index contributed by atoms with van der Waals surface area (Å²) < 4.78 is 0. The van der Waals surface area contributed by atoms with Crippen LogP contribution in [0.5, 0.6) is 0 Å². The predicted octanol–water partition coefficient (Wildman–Crippen LogP) is 2.16. The van der Waals surface area contributed by atoms with Crippen molar-refractivity contribution in [2.45, 2.75) is 19.9 Å². The lowest BCUT2D eigenvalue weighted by Gasteiger charge is -2.17. The predicted molar refractivity (Wildman–Crippen MR) is 58.0 cm³/mol. The van der Waals surface area contributed by atoms with Crippen molar-refractivity contribution in [2.75, 3.05) is 18.5 Å². The highest BCUT2D eigenvalue weighted by Crippen LogP contribution is 2.16. The van der Waals surface area contributed by atoms with Crippen molar-refractivity contribution in [3.63, 3.8) is 0 Å². The molecule has 13 heavy (non-hydrogen) atoms. The summed E-state index contributed by atoms with van der Waals surface area (Å²) in [6, 6.07) is 8.53. The Kier molecular flexibility index (Phi) is 3.32. The van der Waals surface area contributed by atoms with Gasteiger partial charge in [0, 0.05) is 25.3 Å². The third-order valence-electron chi connectivity index (χ3n) is 2.33. The van der Waals surface area contributed by atoms with E-state index in [-0.39, 0.29) is 6.04 Å². The average Bonchev–Trinajstić information content (AvgIpc) is 2.17. The fraction of sp³-hybridized carbons (Fsp3) is 0.455. The van der Waals surface area contributed by atoms with E-state index < -0.39 is 0 Å². The van der Waals surface area contributed by atoms with Crippen molar-refractivity contribution in [3.8, 4) is 0 Å². The monoisotopic (exact) mass is 178 g/mol. The van der Waals surface area contributed by atoms with Gasteiger partial charge in [-0.1, -0.05) is 12.1 Å². The first kappa shape index (κ1) is 10.1. The Hall–Kier alpha value is -1.02. The minimum absolute atomic E-state index is 0.126. The number of benzene rings is 1. The summed E-state index contributed by atoms with van der Waals surface area (Å²) in [6.07, 6.45) is 0. The van der Waals surface area contributed by atoms with E-state index in [4.69, 9.17) is 5.73 Å². The van der Waals surface area contributed by atoms with Gasteiger partial charge >= 0.3 is 0 Å². The lowest BCUT2D eigenvalue weighted by atomic mass is 10.1. The molecule has 0 heterocycles. The average molecular weight is 178 g/mol. The molecule has 0 bridgehead atoms. The van der Waals surface area contributed by atoms with Gasteiger partial charge in [0.05, 0.1) is 0 Å². The molecule has 1 aromatic rings. The first-order valence-electron chi connectivity index (χ1n) is 4.71. The summed E-state index contributed by atoms with van der Waals surface area (Å²) in [5.74, 6) is 0. The van der Waals surface area contributed by atoms with Crippen molar-refractivity contribution < 1.29 is 0 Å². The maximum atomic E-state index is 5.76. The Bertz CT molecular complexity index is 251. The normalized spacial score (nSPS) is 12.6. The molecule has 0 fully saturated rings. The van der Waals surface area contributed by atoms with E-state index in [1.807, 2.05) is 6.92 Å². The zero-order valence-electron chi connectivity index (χ0n) is 8.62. The highest BCUT2D eigenvalue weighted by Gasteiger charge is 2.00. The molecular formula is C11H18N2. The van der Waals surface area contributed by atoms with Crippen LogP contribution in [0.2, 0.25) is 0 Å². The molecule has 72 valence electrons. The second-order valence-corrected chi connectivity index (χ2v) is 3.39. The van der Waals surface area contributed by atoms with Crippen LogP contribution in [-0.2, 0) is 0 Å². The van der Waals surface area contributed by atoms with Crippen LogP contribution in [0, 0.1) is 0 Å².